The van der Waals surface area contributed by atoms with Crippen LogP contribution >= 0.6 is 0 Å². The van der Waals surface area contributed by atoms with Crippen molar-refractivity contribution in [3.05, 3.63) is 63.2 Å². The van der Waals surface area contributed by atoms with Gasteiger partial charge in [0, 0.05) is 17.2 Å². The van der Waals surface area contributed by atoms with E-state index in [1.54, 1.807) is 19.1 Å². The molecule has 0 unspecified atom stereocenters. The maximum absolute atomic E-state index is 12.2. The Morgan fingerprint density at radius 1 is 1.08 bits per heavy atom. The van der Waals surface area contributed by atoms with Gasteiger partial charge >= 0.3 is 5.97 Å². The van der Waals surface area contributed by atoms with E-state index in [9.17, 15) is 19.7 Å². The molecule has 0 amide bonds. The third-order valence-electron chi connectivity index (χ3n) is 3.69. The number of nitro groups is 1. The molecule has 136 valence electrons. The van der Waals surface area contributed by atoms with Crippen molar-refractivity contribution >= 4 is 17.4 Å². The van der Waals surface area contributed by atoms with E-state index in [2.05, 4.69) is 0 Å². The number of ether oxygens (including phenoxy) is 3. The highest BCUT2D eigenvalue weighted by molar-refractivity contribution is 6.00. The third-order valence-corrected chi connectivity index (χ3v) is 3.69. The number of Topliss-reactive ketones (excluding diaryl/α,β-unsaturated/α-hetero) is 1. The van der Waals surface area contributed by atoms with Crippen LogP contribution in [0, 0.1) is 17.0 Å². The zero-order valence-corrected chi connectivity index (χ0v) is 14.5. The number of hydrogen-bond donors (Lipinski definition) is 0. The lowest BCUT2D eigenvalue weighted by Gasteiger charge is -2.10. The van der Waals surface area contributed by atoms with Crippen LogP contribution in [0.25, 0.3) is 0 Å². The fraction of sp³-hybridized carbons (Fsp3) is 0.222. The van der Waals surface area contributed by atoms with Crippen LogP contribution in [-0.4, -0.2) is 37.5 Å². The first-order valence-corrected chi connectivity index (χ1v) is 7.54. The van der Waals surface area contributed by atoms with Gasteiger partial charge < -0.3 is 14.2 Å². The molecule has 0 heterocycles. The second-order valence-corrected chi connectivity index (χ2v) is 5.32. The van der Waals surface area contributed by atoms with Gasteiger partial charge in [0.2, 0.25) is 5.78 Å². The van der Waals surface area contributed by atoms with Gasteiger partial charge in [0.05, 0.1) is 19.1 Å². The van der Waals surface area contributed by atoms with Gasteiger partial charge in [-0.2, -0.15) is 0 Å². The fourth-order valence-electron chi connectivity index (χ4n) is 2.25. The largest absolute Gasteiger partial charge is 0.497 e. The number of ketones is 1. The first-order chi connectivity index (χ1) is 12.4. The van der Waals surface area contributed by atoms with Crippen LogP contribution in [0.15, 0.2) is 36.4 Å². The van der Waals surface area contributed by atoms with Crippen LogP contribution in [0.5, 0.6) is 11.5 Å². The maximum Gasteiger partial charge on any atom is 0.342 e. The van der Waals surface area contributed by atoms with Crippen molar-refractivity contribution < 1.29 is 28.7 Å². The van der Waals surface area contributed by atoms with Crippen LogP contribution in [0.1, 0.15) is 26.3 Å². The number of aryl methyl sites for hydroxylation is 1. The Morgan fingerprint density at radius 3 is 2.42 bits per heavy atom. The molecular formula is C18H17NO7. The van der Waals surface area contributed by atoms with Crippen molar-refractivity contribution in [3.8, 4) is 11.5 Å². The van der Waals surface area contributed by atoms with E-state index in [1.165, 1.54) is 32.4 Å². The Bertz CT molecular complexity index is 861. The second kappa shape index (κ2) is 8.11. The highest BCUT2D eigenvalue weighted by Gasteiger charge is 2.19. The number of nitro benzene ring substituents is 1. The SMILES string of the molecule is COc1ccc(OC)c(C(=O)OCC(=O)c2ccc(C)c([N+](=O)[O-])c2)c1. The van der Waals surface area contributed by atoms with Crippen molar-refractivity contribution in [3.63, 3.8) is 0 Å². The number of methoxy groups -OCH3 is 2. The number of nitrogens with zero attached hydrogens (tertiary/aromatic N) is 1. The zero-order chi connectivity index (χ0) is 19.3. The lowest BCUT2D eigenvalue weighted by atomic mass is 10.1. The Kier molecular flexibility index (Phi) is 5.90. The molecule has 26 heavy (non-hydrogen) atoms. The van der Waals surface area contributed by atoms with Crippen LogP contribution in [0.2, 0.25) is 0 Å². The Labute approximate surface area is 149 Å². The van der Waals surface area contributed by atoms with Gasteiger partial charge in [-0.25, -0.2) is 4.79 Å². The minimum atomic E-state index is -0.768. The van der Waals surface area contributed by atoms with Gasteiger partial charge in [-0.3, -0.25) is 14.9 Å². The van der Waals surface area contributed by atoms with Gasteiger partial charge in [0.25, 0.3) is 5.69 Å². The number of esters is 1. The van der Waals surface area contributed by atoms with E-state index in [0.29, 0.717) is 11.3 Å². The van der Waals surface area contributed by atoms with E-state index < -0.39 is 23.3 Å². The standard InChI is InChI=1S/C18H17NO7/c1-11-4-5-12(8-15(11)19(22)23)16(20)10-26-18(21)14-9-13(24-2)6-7-17(14)25-3/h4-9H,10H2,1-3H3. The molecule has 8 nitrogen and oxygen atoms in total. The summed E-state index contributed by atoms with van der Waals surface area (Å²) in [6.07, 6.45) is 0. The van der Waals surface area contributed by atoms with E-state index in [0.717, 1.165) is 6.07 Å². The molecule has 0 aromatic heterocycles. The van der Waals surface area contributed by atoms with E-state index in [-0.39, 0.29) is 22.6 Å². The van der Waals surface area contributed by atoms with Gasteiger partial charge in [-0.1, -0.05) is 12.1 Å². The zero-order valence-electron chi connectivity index (χ0n) is 14.5. The number of carbonyl (C=O) groups is 2. The van der Waals surface area contributed by atoms with Crippen molar-refractivity contribution in [1.82, 2.24) is 0 Å². The molecule has 0 fully saturated rings. The molecule has 0 saturated heterocycles. The van der Waals surface area contributed by atoms with Gasteiger partial charge in [-0.15, -0.1) is 0 Å². The average molecular weight is 359 g/mol. The van der Waals surface area contributed by atoms with Crippen LogP contribution in [-0.2, 0) is 4.74 Å². The van der Waals surface area contributed by atoms with E-state index >= 15 is 0 Å². The topological polar surface area (TPSA) is 105 Å². The summed E-state index contributed by atoms with van der Waals surface area (Å²) in [6.45, 7) is 1.01. The molecule has 0 N–H and O–H groups in total. The molecular weight excluding hydrogens is 342 g/mol. The number of carbonyl (C=O) groups excluding carboxylic acids is 2. The van der Waals surface area contributed by atoms with Gasteiger partial charge in [0.1, 0.15) is 17.1 Å². The highest BCUT2D eigenvalue weighted by atomic mass is 16.6. The molecule has 0 saturated carbocycles. The van der Waals surface area contributed by atoms with Crippen LogP contribution in [0.3, 0.4) is 0 Å². The van der Waals surface area contributed by atoms with Crippen molar-refractivity contribution in [2.45, 2.75) is 6.92 Å². The number of benzene rings is 2. The molecule has 0 spiro atoms. The molecule has 0 aliphatic heterocycles. The third kappa shape index (κ3) is 4.15. The minimum absolute atomic E-state index is 0.0905. The summed E-state index contributed by atoms with van der Waals surface area (Å²) in [6, 6.07) is 8.68. The quantitative estimate of drug-likeness (QED) is 0.324. The first kappa shape index (κ1) is 18.9. The van der Waals surface area contributed by atoms with Gasteiger partial charge in [-0.05, 0) is 25.1 Å². The summed E-state index contributed by atoms with van der Waals surface area (Å²) in [5.74, 6) is -0.619. The van der Waals surface area contributed by atoms with Crippen molar-refractivity contribution in [2.24, 2.45) is 0 Å². The lowest BCUT2D eigenvalue weighted by Crippen LogP contribution is -2.15. The second-order valence-electron chi connectivity index (χ2n) is 5.32. The number of rotatable bonds is 7. The molecule has 2 aromatic rings. The smallest absolute Gasteiger partial charge is 0.342 e. The molecule has 0 bridgehead atoms. The number of hydrogen-bond acceptors (Lipinski definition) is 7. The molecule has 8 heteroatoms. The van der Waals surface area contributed by atoms with Crippen molar-refractivity contribution in [1.29, 1.82) is 0 Å². The maximum atomic E-state index is 12.2. The lowest BCUT2D eigenvalue weighted by molar-refractivity contribution is -0.385. The van der Waals surface area contributed by atoms with E-state index in [1.807, 2.05) is 0 Å². The summed E-state index contributed by atoms with van der Waals surface area (Å²) >= 11 is 0. The first-order valence-electron chi connectivity index (χ1n) is 7.54. The molecule has 2 rings (SSSR count). The summed E-state index contributed by atoms with van der Waals surface area (Å²) in [7, 11) is 2.85. The highest BCUT2D eigenvalue weighted by Crippen LogP contribution is 2.25. The fourth-order valence-corrected chi connectivity index (χ4v) is 2.25. The normalized spacial score (nSPS) is 10.1. The van der Waals surface area contributed by atoms with Gasteiger partial charge in [0.15, 0.2) is 6.61 Å². The minimum Gasteiger partial charge on any atom is -0.497 e. The molecule has 0 aliphatic carbocycles. The average Bonchev–Trinajstić information content (AvgIpc) is 2.65. The predicted molar refractivity (Wildman–Crippen MR) is 92.0 cm³/mol. The Hall–Kier alpha value is -3.42. The van der Waals surface area contributed by atoms with Crippen LogP contribution < -0.4 is 9.47 Å². The molecule has 0 aliphatic rings. The van der Waals surface area contributed by atoms with E-state index in [4.69, 9.17) is 14.2 Å². The molecule has 0 radical (unpaired) electrons. The Balaban J connectivity index is 2.14. The van der Waals surface area contributed by atoms with Crippen LogP contribution in [0.4, 0.5) is 5.69 Å². The summed E-state index contributed by atoms with van der Waals surface area (Å²) < 4.78 is 15.2. The molecule has 0 atom stereocenters. The Morgan fingerprint density at radius 2 is 1.81 bits per heavy atom. The molecule has 2 aromatic carbocycles. The summed E-state index contributed by atoms with van der Waals surface area (Å²) in [5, 5.41) is 11.0. The predicted octanol–water partition coefficient (Wildman–Crippen LogP) is 2.96. The summed E-state index contributed by atoms with van der Waals surface area (Å²) in [5.41, 5.74) is 0.462. The summed E-state index contributed by atoms with van der Waals surface area (Å²) in [4.78, 5) is 34.8. The van der Waals surface area contributed by atoms with Crippen molar-refractivity contribution in [2.75, 3.05) is 20.8 Å². The monoisotopic (exact) mass is 359 g/mol.